The van der Waals surface area contributed by atoms with Crippen LogP contribution in [0.1, 0.15) is 63.4 Å². The van der Waals surface area contributed by atoms with Gasteiger partial charge in [-0.05, 0) is 60.6 Å². The van der Waals surface area contributed by atoms with Crippen molar-refractivity contribution in [2.24, 2.45) is 5.41 Å². The SMILES string of the molecule is O=C1CCC(N2Cc3cc(C(=O)N4CC5(CC(c6ccccc6F)C5)C4)ccc3C2=O)C(=O)N1. The fourth-order valence-corrected chi connectivity index (χ4v) is 6.07. The molecule has 1 N–H and O–H groups in total. The molecule has 0 aromatic heterocycles. The van der Waals surface area contributed by atoms with Crippen molar-refractivity contribution in [3.63, 3.8) is 0 Å². The van der Waals surface area contributed by atoms with Crippen LogP contribution < -0.4 is 5.32 Å². The van der Waals surface area contributed by atoms with E-state index in [0.717, 1.165) is 24.0 Å². The standard InChI is InChI=1S/C26H24FN3O4/c27-20-4-2-1-3-18(20)17-10-26(11-17)13-29(14-26)24(33)15-5-6-19-16(9-15)12-30(25(19)34)21-7-8-22(31)28-23(21)32/h1-6,9,17,21H,7-8,10-14H2,(H,28,31,32). The Morgan fingerprint density at radius 1 is 1.06 bits per heavy atom. The molecule has 34 heavy (non-hydrogen) atoms. The lowest BCUT2D eigenvalue weighted by atomic mass is 9.56. The van der Waals surface area contributed by atoms with E-state index in [2.05, 4.69) is 5.32 Å². The van der Waals surface area contributed by atoms with E-state index in [9.17, 15) is 23.6 Å². The Bertz CT molecular complexity index is 1240. The number of piperidine rings is 1. The number of benzene rings is 2. The van der Waals surface area contributed by atoms with E-state index in [-0.39, 0.29) is 47.8 Å². The molecule has 8 heteroatoms. The summed E-state index contributed by atoms with van der Waals surface area (Å²) in [7, 11) is 0. The molecule has 4 amide bonds. The summed E-state index contributed by atoms with van der Waals surface area (Å²) in [6.45, 7) is 1.57. The van der Waals surface area contributed by atoms with Gasteiger partial charge in [0.1, 0.15) is 11.9 Å². The van der Waals surface area contributed by atoms with Crippen molar-refractivity contribution >= 4 is 23.6 Å². The van der Waals surface area contributed by atoms with Crippen LogP contribution in [0.25, 0.3) is 0 Å². The molecule has 2 aromatic rings. The van der Waals surface area contributed by atoms with Crippen molar-refractivity contribution in [2.45, 2.75) is 44.2 Å². The average Bonchev–Trinajstić information content (AvgIpc) is 3.08. The average molecular weight is 461 g/mol. The number of fused-ring (bicyclic) bond motifs is 1. The van der Waals surface area contributed by atoms with Crippen molar-refractivity contribution in [3.05, 3.63) is 70.5 Å². The number of nitrogens with one attached hydrogen (secondary N) is 1. The van der Waals surface area contributed by atoms with Gasteiger partial charge in [-0.1, -0.05) is 18.2 Å². The molecular formula is C26H24FN3O4. The van der Waals surface area contributed by atoms with Crippen LogP contribution in [0, 0.1) is 11.2 Å². The van der Waals surface area contributed by atoms with E-state index in [1.54, 1.807) is 24.3 Å². The van der Waals surface area contributed by atoms with Crippen molar-refractivity contribution in [2.75, 3.05) is 13.1 Å². The van der Waals surface area contributed by atoms with Crippen LogP contribution in [0.5, 0.6) is 0 Å². The molecule has 0 radical (unpaired) electrons. The Hall–Kier alpha value is -3.55. The third-order valence-electron chi connectivity index (χ3n) is 7.81. The van der Waals surface area contributed by atoms with Gasteiger partial charge in [0, 0.05) is 42.6 Å². The molecule has 1 saturated carbocycles. The van der Waals surface area contributed by atoms with Gasteiger partial charge in [-0.3, -0.25) is 24.5 Å². The second kappa shape index (κ2) is 7.48. The van der Waals surface area contributed by atoms with Crippen molar-refractivity contribution in [1.29, 1.82) is 0 Å². The van der Waals surface area contributed by atoms with Gasteiger partial charge in [0.15, 0.2) is 0 Å². The second-order valence-corrected chi connectivity index (χ2v) is 10.1. The highest BCUT2D eigenvalue weighted by Gasteiger charge is 2.54. The minimum Gasteiger partial charge on any atom is -0.337 e. The number of amides is 4. The van der Waals surface area contributed by atoms with Crippen LogP contribution in [0.15, 0.2) is 42.5 Å². The summed E-state index contributed by atoms with van der Waals surface area (Å²) in [5.41, 5.74) is 2.59. The number of imide groups is 1. The largest absolute Gasteiger partial charge is 0.337 e. The zero-order valence-corrected chi connectivity index (χ0v) is 18.6. The van der Waals surface area contributed by atoms with Gasteiger partial charge in [0.2, 0.25) is 11.8 Å². The molecule has 3 fully saturated rings. The number of hydrogen-bond acceptors (Lipinski definition) is 4. The predicted octanol–water partition coefficient (Wildman–Crippen LogP) is 2.61. The lowest BCUT2D eigenvalue weighted by Gasteiger charge is -2.59. The number of nitrogens with zero attached hydrogens (tertiary/aromatic N) is 2. The van der Waals surface area contributed by atoms with E-state index < -0.39 is 11.9 Å². The summed E-state index contributed by atoms with van der Waals surface area (Å²) in [4.78, 5) is 52.9. The first-order chi connectivity index (χ1) is 16.3. The summed E-state index contributed by atoms with van der Waals surface area (Å²) in [6, 6.07) is 11.3. The van der Waals surface area contributed by atoms with Crippen LogP contribution in [0.4, 0.5) is 4.39 Å². The molecular weight excluding hydrogens is 437 g/mol. The highest BCUT2D eigenvalue weighted by atomic mass is 19.1. The van der Waals surface area contributed by atoms with E-state index in [1.807, 2.05) is 17.0 Å². The lowest BCUT2D eigenvalue weighted by Crippen LogP contribution is -2.63. The monoisotopic (exact) mass is 461 g/mol. The summed E-state index contributed by atoms with van der Waals surface area (Å²) in [6.07, 6.45) is 2.28. The Labute approximate surface area is 195 Å². The first-order valence-electron chi connectivity index (χ1n) is 11.6. The minimum atomic E-state index is -0.673. The molecule has 174 valence electrons. The zero-order chi connectivity index (χ0) is 23.6. The lowest BCUT2D eigenvalue weighted by molar-refractivity contribution is -0.136. The smallest absolute Gasteiger partial charge is 0.255 e. The van der Waals surface area contributed by atoms with Gasteiger partial charge in [0.05, 0.1) is 0 Å². The number of rotatable bonds is 3. The zero-order valence-electron chi connectivity index (χ0n) is 18.6. The maximum Gasteiger partial charge on any atom is 0.255 e. The van der Waals surface area contributed by atoms with Crippen molar-refractivity contribution in [3.8, 4) is 0 Å². The Balaban J connectivity index is 1.10. The van der Waals surface area contributed by atoms with Gasteiger partial charge in [-0.15, -0.1) is 0 Å². The molecule has 6 rings (SSSR count). The fourth-order valence-electron chi connectivity index (χ4n) is 6.07. The first kappa shape index (κ1) is 21.0. The summed E-state index contributed by atoms with van der Waals surface area (Å²) in [5.74, 6) is -1.04. The minimum absolute atomic E-state index is 0.0744. The third kappa shape index (κ3) is 3.23. The summed E-state index contributed by atoms with van der Waals surface area (Å²) < 4.78 is 14.1. The van der Waals surface area contributed by atoms with Gasteiger partial charge in [-0.25, -0.2) is 4.39 Å². The summed E-state index contributed by atoms with van der Waals surface area (Å²) in [5, 5.41) is 2.30. The van der Waals surface area contributed by atoms with Crippen molar-refractivity contribution < 1.29 is 23.6 Å². The fraction of sp³-hybridized carbons (Fsp3) is 0.385. The number of likely N-dealkylation sites (tertiary alicyclic amines) is 1. The first-order valence-corrected chi connectivity index (χ1v) is 11.6. The van der Waals surface area contributed by atoms with Crippen molar-refractivity contribution in [1.82, 2.24) is 15.1 Å². The normalized spacial score (nSPS) is 23.4. The topological polar surface area (TPSA) is 86.8 Å². The van der Waals surface area contributed by atoms with Crippen LogP contribution in [-0.2, 0) is 16.1 Å². The van der Waals surface area contributed by atoms with Gasteiger partial charge in [-0.2, -0.15) is 0 Å². The Kier molecular flexibility index (Phi) is 4.62. The van der Waals surface area contributed by atoms with Crippen LogP contribution >= 0.6 is 0 Å². The Morgan fingerprint density at radius 3 is 2.56 bits per heavy atom. The van der Waals surface area contributed by atoms with Gasteiger partial charge >= 0.3 is 0 Å². The van der Waals surface area contributed by atoms with Crippen LogP contribution in [-0.4, -0.2) is 52.6 Å². The number of hydrogen-bond donors (Lipinski definition) is 1. The molecule has 2 aromatic carbocycles. The van der Waals surface area contributed by atoms with E-state index in [1.165, 1.54) is 11.0 Å². The highest BCUT2D eigenvalue weighted by molar-refractivity contribution is 6.06. The van der Waals surface area contributed by atoms with Crippen LogP contribution in [0.3, 0.4) is 0 Å². The molecule has 3 aliphatic heterocycles. The maximum absolute atomic E-state index is 14.1. The quantitative estimate of drug-likeness (QED) is 0.712. The molecule has 1 aliphatic carbocycles. The van der Waals surface area contributed by atoms with E-state index in [4.69, 9.17) is 0 Å². The van der Waals surface area contributed by atoms with Gasteiger partial charge < -0.3 is 9.80 Å². The van der Waals surface area contributed by atoms with E-state index >= 15 is 0 Å². The highest BCUT2D eigenvalue weighted by Crippen LogP contribution is 2.56. The molecule has 1 spiro atoms. The van der Waals surface area contributed by atoms with Gasteiger partial charge in [0.25, 0.3) is 11.8 Å². The Morgan fingerprint density at radius 2 is 1.82 bits per heavy atom. The maximum atomic E-state index is 14.1. The molecule has 7 nitrogen and oxygen atoms in total. The van der Waals surface area contributed by atoms with E-state index in [0.29, 0.717) is 30.6 Å². The summed E-state index contributed by atoms with van der Waals surface area (Å²) >= 11 is 0. The molecule has 0 bridgehead atoms. The van der Waals surface area contributed by atoms with Crippen LogP contribution in [0.2, 0.25) is 0 Å². The number of carbonyl (C=O) groups is 4. The molecule has 2 saturated heterocycles. The molecule has 3 heterocycles. The predicted molar refractivity (Wildman–Crippen MR) is 119 cm³/mol. The molecule has 4 aliphatic rings. The third-order valence-corrected chi connectivity index (χ3v) is 7.81. The second-order valence-electron chi connectivity index (χ2n) is 10.1. The molecule has 1 atom stereocenters. The number of halogens is 1. The number of carbonyl (C=O) groups excluding carboxylic acids is 4. The molecule has 1 unspecified atom stereocenters.